The van der Waals surface area contributed by atoms with E-state index in [0.717, 1.165) is 67.4 Å². The van der Waals surface area contributed by atoms with E-state index >= 15 is 0 Å². The van der Waals surface area contributed by atoms with Crippen molar-refractivity contribution >= 4 is 22.9 Å². The van der Waals surface area contributed by atoms with E-state index in [0.29, 0.717) is 18.2 Å². The standard InChI is InChI=1S/C24H31N7O2/c1-15-11-21(32)31(18-8-4-5-9-18)22-19(15)13-25-24(27-22)30-10-6-7-17(14-30)26-23(33)20-12-16(2)28-29(20)3/h11-13,17-18H,4-10,14H2,1-3H3,(H,26,33). The summed E-state index contributed by atoms with van der Waals surface area (Å²) in [6, 6.07) is 3.71. The molecule has 0 bridgehead atoms. The number of aryl methyl sites for hydroxylation is 3. The third-order valence-corrected chi connectivity index (χ3v) is 6.95. The van der Waals surface area contributed by atoms with E-state index in [4.69, 9.17) is 4.98 Å². The van der Waals surface area contributed by atoms with E-state index in [1.807, 2.05) is 24.6 Å². The van der Waals surface area contributed by atoms with Crippen LogP contribution in [0.3, 0.4) is 0 Å². The molecule has 0 aromatic carbocycles. The number of pyridine rings is 1. The molecule has 3 aromatic heterocycles. The molecule has 5 rings (SSSR count). The summed E-state index contributed by atoms with van der Waals surface area (Å²) in [5.41, 5.74) is 3.04. The highest BCUT2D eigenvalue weighted by Gasteiger charge is 2.26. The number of amides is 1. The number of aromatic nitrogens is 5. The zero-order chi connectivity index (χ0) is 23.1. The van der Waals surface area contributed by atoms with Gasteiger partial charge in [-0.25, -0.2) is 4.98 Å². The van der Waals surface area contributed by atoms with E-state index in [-0.39, 0.29) is 23.6 Å². The molecular formula is C24H31N7O2. The Morgan fingerprint density at radius 2 is 1.91 bits per heavy atom. The number of nitrogens with zero attached hydrogens (tertiary/aromatic N) is 6. The number of hydrogen-bond acceptors (Lipinski definition) is 6. The van der Waals surface area contributed by atoms with Crippen molar-refractivity contribution in [2.75, 3.05) is 18.0 Å². The fourth-order valence-corrected chi connectivity index (χ4v) is 5.29. The molecule has 2 aliphatic rings. The lowest BCUT2D eigenvalue weighted by Crippen LogP contribution is -2.48. The smallest absolute Gasteiger partial charge is 0.269 e. The normalized spacial score (nSPS) is 19.4. The van der Waals surface area contributed by atoms with Crippen molar-refractivity contribution in [2.24, 2.45) is 7.05 Å². The lowest BCUT2D eigenvalue weighted by molar-refractivity contribution is 0.0923. The molecular weight excluding hydrogens is 418 g/mol. The lowest BCUT2D eigenvalue weighted by atomic mass is 10.1. The molecule has 1 saturated carbocycles. The largest absolute Gasteiger partial charge is 0.346 e. The average molecular weight is 450 g/mol. The molecule has 9 heteroatoms. The second-order valence-electron chi connectivity index (χ2n) is 9.43. The van der Waals surface area contributed by atoms with Gasteiger partial charge in [0.25, 0.3) is 11.5 Å². The van der Waals surface area contributed by atoms with Crippen LogP contribution in [0, 0.1) is 13.8 Å². The van der Waals surface area contributed by atoms with E-state index in [9.17, 15) is 9.59 Å². The Labute approximate surface area is 192 Å². The molecule has 0 spiro atoms. The molecule has 0 radical (unpaired) electrons. The van der Waals surface area contributed by atoms with Crippen LogP contribution in [-0.4, -0.2) is 49.4 Å². The summed E-state index contributed by atoms with van der Waals surface area (Å²) in [4.78, 5) is 37.3. The molecule has 1 N–H and O–H groups in total. The van der Waals surface area contributed by atoms with Gasteiger partial charge in [-0.2, -0.15) is 10.1 Å². The minimum Gasteiger partial charge on any atom is -0.346 e. The molecule has 1 unspecified atom stereocenters. The van der Waals surface area contributed by atoms with Crippen LogP contribution in [0.5, 0.6) is 0 Å². The first-order chi connectivity index (χ1) is 15.9. The van der Waals surface area contributed by atoms with Crippen LogP contribution in [0.4, 0.5) is 5.95 Å². The predicted molar refractivity (Wildman–Crippen MR) is 127 cm³/mol. The molecule has 1 aliphatic carbocycles. The topological polar surface area (TPSA) is 97.9 Å². The highest BCUT2D eigenvalue weighted by molar-refractivity contribution is 5.92. The third kappa shape index (κ3) is 4.12. The molecule has 3 aromatic rings. The zero-order valence-electron chi connectivity index (χ0n) is 19.5. The summed E-state index contributed by atoms with van der Waals surface area (Å²) < 4.78 is 3.50. The van der Waals surface area contributed by atoms with E-state index < -0.39 is 0 Å². The van der Waals surface area contributed by atoms with Crippen molar-refractivity contribution in [1.82, 2.24) is 29.6 Å². The van der Waals surface area contributed by atoms with Crippen LogP contribution in [-0.2, 0) is 7.05 Å². The van der Waals surface area contributed by atoms with Crippen LogP contribution in [0.1, 0.15) is 66.3 Å². The molecule has 1 saturated heterocycles. The first kappa shape index (κ1) is 21.6. The molecule has 1 atom stereocenters. The Kier molecular flexibility index (Phi) is 5.64. The molecule has 4 heterocycles. The van der Waals surface area contributed by atoms with Crippen LogP contribution in [0.2, 0.25) is 0 Å². The van der Waals surface area contributed by atoms with Gasteiger partial charge in [-0.1, -0.05) is 12.8 Å². The number of rotatable bonds is 4. The summed E-state index contributed by atoms with van der Waals surface area (Å²) in [6.45, 7) is 5.27. The highest BCUT2D eigenvalue weighted by Crippen LogP contribution is 2.31. The fourth-order valence-electron chi connectivity index (χ4n) is 5.29. The maximum Gasteiger partial charge on any atom is 0.269 e. The molecule has 33 heavy (non-hydrogen) atoms. The Balaban J connectivity index is 1.41. The Bertz CT molecular complexity index is 1260. The van der Waals surface area contributed by atoms with Gasteiger partial charge in [0.15, 0.2) is 0 Å². The van der Waals surface area contributed by atoms with Crippen LogP contribution in [0.15, 0.2) is 23.1 Å². The van der Waals surface area contributed by atoms with Crippen LogP contribution < -0.4 is 15.8 Å². The van der Waals surface area contributed by atoms with Crippen molar-refractivity contribution in [3.63, 3.8) is 0 Å². The number of nitrogens with one attached hydrogen (secondary N) is 1. The summed E-state index contributed by atoms with van der Waals surface area (Å²) in [5, 5.41) is 8.35. The minimum absolute atomic E-state index is 0.00436. The van der Waals surface area contributed by atoms with Gasteiger partial charge >= 0.3 is 0 Å². The quantitative estimate of drug-likeness (QED) is 0.658. The van der Waals surface area contributed by atoms with E-state index in [1.54, 1.807) is 23.9 Å². The van der Waals surface area contributed by atoms with Gasteiger partial charge in [-0.05, 0) is 51.2 Å². The summed E-state index contributed by atoms with van der Waals surface area (Å²) in [5.74, 6) is 0.504. The highest BCUT2D eigenvalue weighted by atomic mass is 16.2. The van der Waals surface area contributed by atoms with Gasteiger partial charge in [0.05, 0.1) is 5.69 Å². The van der Waals surface area contributed by atoms with Gasteiger partial charge in [-0.3, -0.25) is 18.8 Å². The molecule has 2 fully saturated rings. The molecule has 1 amide bonds. The van der Waals surface area contributed by atoms with Crippen molar-refractivity contribution in [3.05, 3.63) is 45.6 Å². The summed E-state index contributed by atoms with van der Waals surface area (Å²) >= 11 is 0. The van der Waals surface area contributed by atoms with Crippen LogP contribution >= 0.6 is 0 Å². The number of carbonyl (C=O) groups is 1. The van der Waals surface area contributed by atoms with Crippen molar-refractivity contribution in [2.45, 2.75) is 64.5 Å². The average Bonchev–Trinajstić information content (AvgIpc) is 3.43. The monoisotopic (exact) mass is 449 g/mol. The van der Waals surface area contributed by atoms with Gasteiger partial charge in [0.1, 0.15) is 11.3 Å². The van der Waals surface area contributed by atoms with Crippen molar-refractivity contribution < 1.29 is 4.79 Å². The van der Waals surface area contributed by atoms with Gasteiger partial charge in [-0.15, -0.1) is 0 Å². The lowest BCUT2D eigenvalue weighted by Gasteiger charge is -2.33. The van der Waals surface area contributed by atoms with Crippen molar-refractivity contribution in [1.29, 1.82) is 0 Å². The number of anilines is 1. The van der Waals surface area contributed by atoms with Gasteiger partial charge in [0.2, 0.25) is 5.95 Å². The first-order valence-electron chi connectivity index (χ1n) is 11.9. The Hall–Kier alpha value is -3.23. The minimum atomic E-state index is -0.116. The Morgan fingerprint density at radius 1 is 1.12 bits per heavy atom. The number of hydrogen-bond donors (Lipinski definition) is 1. The number of piperidine rings is 1. The van der Waals surface area contributed by atoms with Gasteiger partial charge < -0.3 is 10.2 Å². The molecule has 174 valence electrons. The number of carbonyl (C=O) groups excluding carboxylic acids is 1. The predicted octanol–water partition coefficient (Wildman–Crippen LogP) is 2.66. The second kappa shape index (κ2) is 8.61. The second-order valence-corrected chi connectivity index (χ2v) is 9.43. The number of fused-ring (bicyclic) bond motifs is 1. The maximum absolute atomic E-state index is 12.9. The SMILES string of the molecule is Cc1cc(C(=O)NC2CCCN(c3ncc4c(C)cc(=O)n(C5CCCC5)c4n3)C2)n(C)n1. The van der Waals surface area contributed by atoms with Gasteiger partial charge in [0, 0.05) is 49.9 Å². The van der Waals surface area contributed by atoms with Crippen molar-refractivity contribution in [3.8, 4) is 0 Å². The maximum atomic E-state index is 12.9. The summed E-state index contributed by atoms with van der Waals surface area (Å²) in [7, 11) is 1.78. The van der Waals surface area contributed by atoms with Crippen LogP contribution in [0.25, 0.3) is 11.0 Å². The Morgan fingerprint density at radius 3 is 2.64 bits per heavy atom. The van der Waals surface area contributed by atoms with E-state index in [1.165, 1.54) is 0 Å². The summed E-state index contributed by atoms with van der Waals surface area (Å²) in [6.07, 6.45) is 8.00. The first-order valence-corrected chi connectivity index (χ1v) is 11.9. The van der Waals surface area contributed by atoms with E-state index in [2.05, 4.69) is 20.3 Å². The zero-order valence-corrected chi connectivity index (χ0v) is 19.5. The fraction of sp³-hybridized carbons (Fsp3) is 0.542. The molecule has 9 nitrogen and oxygen atoms in total. The molecule has 1 aliphatic heterocycles. The third-order valence-electron chi connectivity index (χ3n) is 6.95.